The van der Waals surface area contributed by atoms with E-state index in [0.29, 0.717) is 18.1 Å². The smallest absolute Gasteiger partial charge is 0.242 e. The van der Waals surface area contributed by atoms with Crippen molar-refractivity contribution in [2.75, 3.05) is 11.9 Å². The first-order chi connectivity index (χ1) is 10.0. The summed E-state index contributed by atoms with van der Waals surface area (Å²) in [6, 6.07) is 4.71. The highest BCUT2D eigenvalue weighted by molar-refractivity contribution is 7.89. The molecule has 0 saturated carbocycles. The number of anilines is 1. The first-order valence-corrected chi connectivity index (χ1v) is 8.04. The van der Waals surface area contributed by atoms with Crippen LogP contribution in [-0.2, 0) is 16.6 Å². The van der Waals surface area contributed by atoms with Crippen LogP contribution in [0.5, 0.6) is 0 Å². The summed E-state index contributed by atoms with van der Waals surface area (Å²) in [7, 11) is -3.71. The first-order valence-electron chi connectivity index (χ1n) is 6.18. The Morgan fingerprint density at radius 1 is 1.38 bits per heavy atom. The molecule has 0 aromatic carbocycles. The van der Waals surface area contributed by atoms with Crippen LogP contribution in [0.2, 0.25) is 5.02 Å². The van der Waals surface area contributed by atoms with Crippen molar-refractivity contribution in [1.29, 1.82) is 0 Å². The lowest BCUT2D eigenvalue weighted by Crippen LogP contribution is -2.24. The second-order valence-corrected chi connectivity index (χ2v) is 6.25. The monoisotopic (exact) mass is 327 g/mol. The Morgan fingerprint density at radius 3 is 2.81 bits per heavy atom. The average molecular weight is 328 g/mol. The van der Waals surface area contributed by atoms with Gasteiger partial charge in [0, 0.05) is 18.9 Å². The summed E-state index contributed by atoms with van der Waals surface area (Å²) in [5.74, 6) is 0.451. The van der Waals surface area contributed by atoms with Crippen LogP contribution in [0.4, 0.5) is 5.82 Å². The molecule has 112 valence electrons. The van der Waals surface area contributed by atoms with Gasteiger partial charge in [-0.1, -0.05) is 11.6 Å². The number of rotatable bonds is 6. The normalized spacial score (nSPS) is 11.3. The van der Waals surface area contributed by atoms with E-state index in [0.717, 1.165) is 0 Å². The highest BCUT2D eigenvalue weighted by Crippen LogP contribution is 2.22. The number of nitrogens with zero attached hydrogens (tertiary/aromatic N) is 3. The quantitative estimate of drug-likeness (QED) is 0.833. The second kappa shape index (κ2) is 6.79. The maximum Gasteiger partial charge on any atom is 0.242 e. The zero-order valence-corrected chi connectivity index (χ0v) is 12.8. The first kappa shape index (κ1) is 15.6. The highest BCUT2D eigenvalue weighted by Gasteiger charge is 2.16. The van der Waals surface area contributed by atoms with Crippen molar-refractivity contribution < 1.29 is 8.42 Å². The molecule has 2 rings (SSSR count). The Kier molecular flexibility index (Phi) is 5.05. The van der Waals surface area contributed by atoms with Gasteiger partial charge in [0.15, 0.2) is 0 Å². The van der Waals surface area contributed by atoms with Crippen molar-refractivity contribution in [3.05, 3.63) is 41.3 Å². The van der Waals surface area contributed by atoms with Gasteiger partial charge in [0.25, 0.3) is 0 Å². The molecule has 0 radical (unpaired) electrons. The summed E-state index contributed by atoms with van der Waals surface area (Å²) in [5.41, 5.74) is 0.518. The van der Waals surface area contributed by atoms with Crippen LogP contribution in [0.1, 0.15) is 12.6 Å². The van der Waals surface area contributed by atoms with Gasteiger partial charge >= 0.3 is 0 Å². The third kappa shape index (κ3) is 4.10. The van der Waals surface area contributed by atoms with Gasteiger partial charge in [-0.25, -0.2) is 18.1 Å². The van der Waals surface area contributed by atoms with Crippen LogP contribution in [0.15, 0.2) is 35.5 Å². The number of nitrogens with one attached hydrogen (secondary N) is 2. The molecule has 2 aromatic heterocycles. The number of hydrogen-bond donors (Lipinski definition) is 2. The predicted molar refractivity (Wildman–Crippen MR) is 79.5 cm³/mol. The number of hydrogen-bond acceptors (Lipinski definition) is 6. The molecule has 9 heteroatoms. The van der Waals surface area contributed by atoms with Gasteiger partial charge < -0.3 is 5.32 Å². The number of aromatic nitrogens is 3. The van der Waals surface area contributed by atoms with Gasteiger partial charge in [-0.05, 0) is 25.1 Å². The minimum Gasteiger partial charge on any atom is -0.369 e. The molecule has 0 atom stereocenters. The summed E-state index contributed by atoms with van der Waals surface area (Å²) >= 11 is 5.99. The predicted octanol–water partition coefficient (Wildman–Crippen LogP) is 1.44. The minimum absolute atomic E-state index is 0.00181. The maximum atomic E-state index is 12.1. The fourth-order valence-electron chi connectivity index (χ4n) is 1.54. The summed E-state index contributed by atoms with van der Waals surface area (Å²) < 4.78 is 26.7. The topological polar surface area (TPSA) is 96.9 Å². The van der Waals surface area contributed by atoms with Gasteiger partial charge in [0.05, 0.1) is 17.3 Å². The molecule has 2 aromatic rings. The van der Waals surface area contributed by atoms with E-state index in [-0.39, 0.29) is 16.5 Å². The minimum atomic E-state index is -3.71. The summed E-state index contributed by atoms with van der Waals surface area (Å²) in [5, 5.41) is 10.7. The summed E-state index contributed by atoms with van der Waals surface area (Å²) in [6.07, 6.45) is 2.77. The highest BCUT2D eigenvalue weighted by atomic mass is 35.5. The molecule has 2 heterocycles. The molecule has 21 heavy (non-hydrogen) atoms. The van der Waals surface area contributed by atoms with Crippen molar-refractivity contribution in [2.24, 2.45) is 0 Å². The van der Waals surface area contributed by atoms with E-state index in [1.54, 1.807) is 12.1 Å². The Morgan fingerprint density at radius 2 is 2.19 bits per heavy atom. The van der Waals surface area contributed by atoms with E-state index in [9.17, 15) is 8.42 Å². The zero-order chi connectivity index (χ0) is 15.3. The Hall–Kier alpha value is -1.77. The largest absolute Gasteiger partial charge is 0.369 e. The van der Waals surface area contributed by atoms with Crippen LogP contribution in [0, 0.1) is 0 Å². The van der Waals surface area contributed by atoms with Gasteiger partial charge in [0.2, 0.25) is 10.0 Å². The van der Waals surface area contributed by atoms with E-state index >= 15 is 0 Å². The molecule has 0 aliphatic heterocycles. The Balaban J connectivity index is 2.14. The molecule has 0 fully saturated rings. The molecule has 0 spiro atoms. The van der Waals surface area contributed by atoms with Gasteiger partial charge in [0.1, 0.15) is 10.7 Å². The van der Waals surface area contributed by atoms with Crippen molar-refractivity contribution in [2.45, 2.75) is 18.4 Å². The number of halogens is 1. The molecule has 7 nitrogen and oxygen atoms in total. The standard InChI is InChI=1S/C12H14ClN5O2S/c1-2-14-12-11(13)6-10(8-15-12)21(19,20)17-7-9-4-3-5-16-18-9/h3-6,8,17H,2,7H2,1H3,(H,14,15). The van der Waals surface area contributed by atoms with Gasteiger partial charge in [-0.15, -0.1) is 0 Å². The van der Waals surface area contributed by atoms with E-state index in [4.69, 9.17) is 11.6 Å². The van der Waals surface area contributed by atoms with E-state index < -0.39 is 10.0 Å². The average Bonchev–Trinajstić information content (AvgIpc) is 2.48. The van der Waals surface area contributed by atoms with Crippen molar-refractivity contribution in [3.8, 4) is 0 Å². The summed E-state index contributed by atoms with van der Waals surface area (Å²) in [6.45, 7) is 2.58. The van der Waals surface area contributed by atoms with E-state index in [1.165, 1.54) is 18.5 Å². The molecule has 2 N–H and O–H groups in total. The lowest BCUT2D eigenvalue weighted by atomic mass is 10.4. The van der Waals surface area contributed by atoms with Gasteiger partial charge in [-0.2, -0.15) is 10.2 Å². The number of pyridine rings is 1. The van der Waals surface area contributed by atoms with Crippen molar-refractivity contribution in [1.82, 2.24) is 19.9 Å². The Bertz CT molecular complexity index is 709. The van der Waals surface area contributed by atoms with Crippen LogP contribution < -0.4 is 10.0 Å². The van der Waals surface area contributed by atoms with Crippen LogP contribution in [0.3, 0.4) is 0 Å². The molecule has 0 amide bonds. The fourth-order valence-corrected chi connectivity index (χ4v) is 2.81. The Labute approximate surface area is 127 Å². The molecule has 0 aliphatic rings. The molecule has 0 aliphatic carbocycles. The van der Waals surface area contributed by atoms with Crippen LogP contribution >= 0.6 is 11.6 Å². The van der Waals surface area contributed by atoms with Crippen LogP contribution in [-0.4, -0.2) is 30.1 Å². The molecule has 0 bridgehead atoms. The lowest BCUT2D eigenvalue weighted by molar-refractivity contribution is 0.579. The van der Waals surface area contributed by atoms with Crippen molar-refractivity contribution >= 4 is 27.4 Å². The zero-order valence-electron chi connectivity index (χ0n) is 11.2. The molecule has 0 saturated heterocycles. The van der Waals surface area contributed by atoms with Crippen molar-refractivity contribution in [3.63, 3.8) is 0 Å². The molecule has 0 unspecified atom stereocenters. The fraction of sp³-hybridized carbons (Fsp3) is 0.250. The maximum absolute atomic E-state index is 12.1. The SMILES string of the molecule is CCNc1ncc(S(=O)(=O)NCc2cccnn2)cc1Cl. The number of sulfonamides is 1. The summed E-state index contributed by atoms with van der Waals surface area (Å²) in [4.78, 5) is 4.00. The van der Waals surface area contributed by atoms with E-state index in [1.807, 2.05) is 6.92 Å². The third-order valence-corrected chi connectivity index (χ3v) is 4.20. The second-order valence-electron chi connectivity index (χ2n) is 4.07. The third-order valence-electron chi connectivity index (χ3n) is 2.54. The van der Waals surface area contributed by atoms with Crippen LogP contribution in [0.25, 0.3) is 0 Å². The molecular formula is C12H14ClN5O2S. The molecular weight excluding hydrogens is 314 g/mol. The van der Waals surface area contributed by atoms with Gasteiger partial charge in [-0.3, -0.25) is 0 Å². The lowest BCUT2D eigenvalue weighted by Gasteiger charge is -2.09. The van der Waals surface area contributed by atoms with E-state index in [2.05, 4.69) is 25.2 Å².